The molecule has 9 heteroatoms. The zero-order chi connectivity index (χ0) is 22.1. The van der Waals surface area contributed by atoms with Crippen LogP contribution in [0.2, 0.25) is 0 Å². The summed E-state index contributed by atoms with van der Waals surface area (Å²) in [5.74, 6) is -1.49. The van der Waals surface area contributed by atoms with Crippen LogP contribution in [0.5, 0.6) is 0 Å². The molecule has 3 aliphatic heterocycles. The summed E-state index contributed by atoms with van der Waals surface area (Å²) in [6.07, 6.45) is 4.04. The van der Waals surface area contributed by atoms with Gasteiger partial charge < -0.3 is 19.1 Å². The molecule has 0 spiro atoms. The molecule has 1 aromatic carbocycles. The average molecular weight is 443 g/mol. The van der Waals surface area contributed by atoms with Crippen molar-refractivity contribution in [3.63, 3.8) is 0 Å². The maximum atomic E-state index is 13.1. The van der Waals surface area contributed by atoms with Crippen LogP contribution in [0, 0.1) is 5.92 Å². The van der Waals surface area contributed by atoms with Crippen LogP contribution in [0.15, 0.2) is 47.4 Å². The molecule has 3 aliphatic rings. The molecular weight excluding hydrogens is 422 g/mol. The number of thioether (sulfide) groups is 1. The molecule has 1 fully saturated rings. The fourth-order valence-corrected chi connectivity index (χ4v) is 4.94. The van der Waals surface area contributed by atoms with E-state index in [0.29, 0.717) is 17.5 Å². The summed E-state index contributed by atoms with van der Waals surface area (Å²) in [5, 5.41) is 0. The SMILES string of the molecule is CCSC1=CC2C(C/C=C/C(=O)OC)C(=O)N2[C@@H]1C(=O)OC1OC(=O)c2ccccc21. The third-order valence-electron chi connectivity index (χ3n) is 5.44. The number of carbonyl (C=O) groups is 4. The van der Waals surface area contributed by atoms with E-state index in [-0.39, 0.29) is 17.9 Å². The maximum Gasteiger partial charge on any atom is 0.342 e. The van der Waals surface area contributed by atoms with Crippen molar-refractivity contribution in [3.8, 4) is 0 Å². The zero-order valence-corrected chi connectivity index (χ0v) is 17.8. The highest BCUT2D eigenvalue weighted by Gasteiger charge is 2.56. The largest absolute Gasteiger partial charge is 0.466 e. The molecule has 4 atom stereocenters. The number of fused-ring (bicyclic) bond motifs is 2. The van der Waals surface area contributed by atoms with Crippen LogP contribution in [0.1, 0.15) is 35.6 Å². The van der Waals surface area contributed by atoms with Crippen molar-refractivity contribution in [1.29, 1.82) is 0 Å². The van der Waals surface area contributed by atoms with Crippen LogP contribution in [0.3, 0.4) is 0 Å². The number of hydrogen-bond acceptors (Lipinski definition) is 8. The number of rotatable bonds is 7. The number of carbonyl (C=O) groups excluding carboxylic acids is 4. The van der Waals surface area contributed by atoms with Crippen molar-refractivity contribution < 1.29 is 33.4 Å². The summed E-state index contributed by atoms with van der Waals surface area (Å²) < 4.78 is 15.3. The Morgan fingerprint density at radius 1 is 1.26 bits per heavy atom. The lowest BCUT2D eigenvalue weighted by atomic mass is 9.86. The van der Waals surface area contributed by atoms with Crippen LogP contribution in [-0.2, 0) is 28.6 Å². The molecule has 162 valence electrons. The Kier molecular flexibility index (Phi) is 5.86. The van der Waals surface area contributed by atoms with E-state index in [1.807, 2.05) is 13.0 Å². The molecule has 0 bridgehead atoms. The molecule has 3 unspecified atom stereocenters. The maximum absolute atomic E-state index is 13.1. The van der Waals surface area contributed by atoms with Gasteiger partial charge in [0, 0.05) is 16.5 Å². The smallest absolute Gasteiger partial charge is 0.342 e. The second-order valence-corrected chi connectivity index (χ2v) is 8.51. The Hall–Kier alpha value is -3.07. The fraction of sp³-hybridized carbons (Fsp3) is 0.364. The number of β-lactam (4-membered cyclic amide) rings is 1. The van der Waals surface area contributed by atoms with Crippen LogP contribution in [0.25, 0.3) is 0 Å². The summed E-state index contributed by atoms with van der Waals surface area (Å²) in [6.45, 7) is 1.96. The van der Waals surface area contributed by atoms with Crippen molar-refractivity contribution in [2.45, 2.75) is 31.7 Å². The summed E-state index contributed by atoms with van der Waals surface area (Å²) in [6, 6.07) is 5.61. The van der Waals surface area contributed by atoms with Gasteiger partial charge in [0.15, 0.2) is 6.04 Å². The summed E-state index contributed by atoms with van der Waals surface area (Å²) in [5.41, 5.74) is 0.852. The van der Waals surface area contributed by atoms with E-state index in [1.54, 1.807) is 30.3 Å². The monoisotopic (exact) mass is 443 g/mol. The van der Waals surface area contributed by atoms with Gasteiger partial charge in [0.2, 0.25) is 5.91 Å². The van der Waals surface area contributed by atoms with Gasteiger partial charge in [-0.05, 0) is 24.3 Å². The van der Waals surface area contributed by atoms with Crippen molar-refractivity contribution in [2.75, 3.05) is 12.9 Å². The third kappa shape index (κ3) is 3.74. The highest BCUT2D eigenvalue weighted by atomic mass is 32.2. The molecule has 0 N–H and O–H groups in total. The van der Waals surface area contributed by atoms with Gasteiger partial charge in [-0.15, -0.1) is 11.8 Å². The van der Waals surface area contributed by atoms with Crippen molar-refractivity contribution in [3.05, 3.63) is 58.5 Å². The van der Waals surface area contributed by atoms with Gasteiger partial charge in [-0.25, -0.2) is 14.4 Å². The first-order chi connectivity index (χ1) is 15.0. The van der Waals surface area contributed by atoms with Crippen LogP contribution in [-0.4, -0.2) is 53.7 Å². The Bertz CT molecular complexity index is 1000. The molecule has 3 heterocycles. The lowest BCUT2D eigenvalue weighted by molar-refractivity contribution is -0.179. The zero-order valence-electron chi connectivity index (χ0n) is 17.0. The Balaban J connectivity index is 1.48. The van der Waals surface area contributed by atoms with Crippen LogP contribution >= 0.6 is 11.8 Å². The number of ether oxygens (including phenoxy) is 3. The predicted molar refractivity (Wildman–Crippen MR) is 111 cm³/mol. The first-order valence-corrected chi connectivity index (χ1v) is 10.9. The Labute approximate surface area is 183 Å². The van der Waals surface area contributed by atoms with E-state index in [2.05, 4.69) is 4.74 Å². The molecule has 4 rings (SSSR count). The van der Waals surface area contributed by atoms with E-state index >= 15 is 0 Å². The number of hydrogen-bond donors (Lipinski definition) is 0. The predicted octanol–water partition coefficient (Wildman–Crippen LogP) is 2.36. The number of esters is 3. The lowest BCUT2D eigenvalue weighted by Gasteiger charge is -2.44. The van der Waals surface area contributed by atoms with Crippen LogP contribution < -0.4 is 0 Å². The van der Waals surface area contributed by atoms with Gasteiger partial charge in [0.25, 0.3) is 6.29 Å². The number of methoxy groups -OCH3 is 1. The van der Waals surface area contributed by atoms with E-state index in [4.69, 9.17) is 9.47 Å². The molecule has 0 radical (unpaired) electrons. The van der Waals surface area contributed by atoms with Gasteiger partial charge >= 0.3 is 17.9 Å². The molecule has 8 nitrogen and oxygen atoms in total. The number of nitrogens with zero attached hydrogens (tertiary/aromatic N) is 1. The quantitative estimate of drug-likeness (QED) is 0.360. The topological polar surface area (TPSA) is 99.2 Å². The molecule has 1 aromatic rings. The van der Waals surface area contributed by atoms with Crippen molar-refractivity contribution in [2.24, 2.45) is 5.92 Å². The average Bonchev–Trinajstić information content (AvgIpc) is 3.27. The van der Waals surface area contributed by atoms with Crippen molar-refractivity contribution in [1.82, 2.24) is 4.90 Å². The Morgan fingerprint density at radius 2 is 2.03 bits per heavy atom. The van der Waals surface area contributed by atoms with Gasteiger partial charge in [0.05, 0.1) is 24.6 Å². The first-order valence-electron chi connectivity index (χ1n) is 9.87. The van der Waals surface area contributed by atoms with E-state index in [0.717, 1.165) is 10.7 Å². The summed E-state index contributed by atoms with van der Waals surface area (Å²) in [4.78, 5) is 51.3. The third-order valence-corrected chi connectivity index (χ3v) is 6.42. The van der Waals surface area contributed by atoms with Gasteiger partial charge in [-0.3, -0.25) is 4.79 Å². The highest BCUT2D eigenvalue weighted by molar-refractivity contribution is 8.03. The standard InChI is InChI=1S/C22H21NO7S/c1-3-31-16-11-15-14(9-6-10-17(24)28-2)19(25)23(15)18(16)21(27)30-22-13-8-5-4-7-12(13)20(26)29-22/h4-8,10-11,14-15,18,22H,3,9H2,1-2H3/b10-6+/t14?,15?,18-,22?/m0/s1. The molecule has 1 amide bonds. The molecule has 0 aromatic heterocycles. The Morgan fingerprint density at radius 3 is 2.77 bits per heavy atom. The van der Waals surface area contributed by atoms with Gasteiger partial charge in [-0.2, -0.15) is 0 Å². The molecule has 0 aliphatic carbocycles. The van der Waals surface area contributed by atoms with Gasteiger partial charge in [0.1, 0.15) is 0 Å². The van der Waals surface area contributed by atoms with E-state index in [9.17, 15) is 19.2 Å². The highest BCUT2D eigenvalue weighted by Crippen LogP contribution is 2.45. The number of allylic oxidation sites excluding steroid dienone is 1. The fourth-order valence-electron chi connectivity index (χ4n) is 4.00. The molecule has 0 saturated carbocycles. The van der Waals surface area contributed by atoms with Crippen LogP contribution in [0.4, 0.5) is 0 Å². The molecule has 31 heavy (non-hydrogen) atoms. The second kappa shape index (κ2) is 8.58. The van der Waals surface area contributed by atoms with Gasteiger partial charge in [-0.1, -0.05) is 31.2 Å². The van der Waals surface area contributed by atoms with Crippen molar-refractivity contribution >= 4 is 35.6 Å². The first kappa shape index (κ1) is 21.2. The minimum atomic E-state index is -1.13. The summed E-state index contributed by atoms with van der Waals surface area (Å²) >= 11 is 1.47. The number of benzene rings is 1. The molecular formula is C22H21NO7S. The number of cyclic esters (lactones) is 1. The second-order valence-electron chi connectivity index (χ2n) is 7.17. The minimum absolute atomic E-state index is 0.187. The normalized spacial score (nSPS) is 26.1. The molecule has 1 saturated heterocycles. The lowest BCUT2D eigenvalue weighted by Crippen LogP contribution is -2.62. The minimum Gasteiger partial charge on any atom is -0.466 e. The van der Waals surface area contributed by atoms with E-state index in [1.165, 1.54) is 29.8 Å². The number of amides is 1. The van der Waals surface area contributed by atoms with E-state index < -0.39 is 30.2 Å². The summed E-state index contributed by atoms with van der Waals surface area (Å²) in [7, 11) is 1.28.